The lowest BCUT2D eigenvalue weighted by Crippen LogP contribution is -2.37. The molecule has 2 heterocycles. The summed E-state index contributed by atoms with van der Waals surface area (Å²) in [6.45, 7) is 2.04. The molecule has 1 fully saturated rings. The lowest BCUT2D eigenvalue weighted by molar-refractivity contribution is 0.169. The zero-order valence-corrected chi connectivity index (χ0v) is 9.73. The number of pyridine rings is 1. The number of ether oxygens (including phenoxy) is 1. The van der Waals surface area contributed by atoms with E-state index in [0.29, 0.717) is 0 Å². The van der Waals surface area contributed by atoms with Gasteiger partial charge in [0.1, 0.15) is 17.4 Å². The molecule has 0 amide bonds. The van der Waals surface area contributed by atoms with Crippen molar-refractivity contribution in [2.45, 2.75) is 18.9 Å². The summed E-state index contributed by atoms with van der Waals surface area (Å²) in [5.41, 5.74) is 0.959. The van der Waals surface area contributed by atoms with Gasteiger partial charge in [-0.05, 0) is 31.5 Å². The van der Waals surface area contributed by atoms with Crippen LogP contribution in [0.2, 0.25) is 0 Å². The standard InChI is InChI=1S/C14H16N2O/c1-4-11-5-2-9-16-14(11)13(7-1)17-12-6-3-8-15-10-12/h1-2,4-5,7,9,12,15H,3,6,8,10H2/t12-/m1/s1. The van der Waals surface area contributed by atoms with Gasteiger partial charge in [-0.2, -0.15) is 0 Å². The second-order valence-electron chi connectivity index (χ2n) is 4.42. The summed E-state index contributed by atoms with van der Waals surface area (Å²) in [6, 6.07) is 10.1. The Morgan fingerprint density at radius 2 is 2.18 bits per heavy atom. The molecule has 0 aliphatic carbocycles. The Labute approximate surface area is 101 Å². The van der Waals surface area contributed by atoms with Crippen LogP contribution in [-0.4, -0.2) is 24.2 Å². The highest BCUT2D eigenvalue weighted by Crippen LogP contribution is 2.24. The highest BCUT2D eigenvalue weighted by Gasteiger charge is 2.15. The Morgan fingerprint density at radius 3 is 3.06 bits per heavy atom. The van der Waals surface area contributed by atoms with Crippen LogP contribution in [0.5, 0.6) is 5.75 Å². The third-order valence-corrected chi connectivity index (χ3v) is 3.14. The van der Waals surface area contributed by atoms with Crippen molar-refractivity contribution in [3.63, 3.8) is 0 Å². The van der Waals surface area contributed by atoms with Gasteiger partial charge in [-0.15, -0.1) is 0 Å². The van der Waals surface area contributed by atoms with Gasteiger partial charge in [0.2, 0.25) is 0 Å². The van der Waals surface area contributed by atoms with E-state index >= 15 is 0 Å². The lowest BCUT2D eigenvalue weighted by atomic mass is 10.1. The van der Waals surface area contributed by atoms with Crippen LogP contribution in [-0.2, 0) is 0 Å². The van der Waals surface area contributed by atoms with E-state index in [1.165, 1.54) is 6.42 Å². The molecule has 1 N–H and O–H groups in total. The molecule has 3 rings (SSSR count). The molecule has 0 bridgehead atoms. The van der Waals surface area contributed by atoms with Crippen LogP contribution in [0, 0.1) is 0 Å². The van der Waals surface area contributed by atoms with Crippen molar-refractivity contribution in [2.24, 2.45) is 0 Å². The van der Waals surface area contributed by atoms with Crippen molar-refractivity contribution in [2.75, 3.05) is 13.1 Å². The molecule has 1 aliphatic rings. The zero-order valence-electron chi connectivity index (χ0n) is 9.73. The summed E-state index contributed by atoms with van der Waals surface area (Å²) >= 11 is 0. The zero-order chi connectivity index (χ0) is 11.5. The number of nitrogens with zero attached hydrogens (tertiary/aromatic N) is 1. The SMILES string of the molecule is c1cnc2c(O[C@@H]3CCCNC3)cccc2c1. The van der Waals surface area contributed by atoms with Gasteiger partial charge in [0.25, 0.3) is 0 Å². The first-order valence-corrected chi connectivity index (χ1v) is 6.14. The highest BCUT2D eigenvalue weighted by molar-refractivity contribution is 5.84. The number of benzene rings is 1. The van der Waals surface area contributed by atoms with Crippen molar-refractivity contribution >= 4 is 10.9 Å². The van der Waals surface area contributed by atoms with Crippen LogP contribution < -0.4 is 10.1 Å². The first kappa shape index (κ1) is 10.5. The second kappa shape index (κ2) is 4.72. The molecule has 1 aliphatic heterocycles. The van der Waals surface area contributed by atoms with Gasteiger partial charge >= 0.3 is 0 Å². The van der Waals surface area contributed by atoms with Gasteiger partial charge < -0.3 is 10.1 Å². The molecule has 0 unspecified atom stereocenters. The quantitative estimate of drug-likeness (QED) is 0.856. The predicted octanol–water partition coefficient (Wildman–Crippen LogP) is 2.37. The maximum Gasteiger partial charge on any atom is 0.146 e. The van der Waals surface area contributed by atoms with Crippen molar-refractivity contribution in [3.05, 3.63) is 36.5 Å². The number of aromatic nitrogens is 1. The average molecular weight is 228 g/mol. The number of hydrogen-bond acceptors (Lipinski definition) is 3. The molecule has 1 atom stereocenters. The van der Waals surface area contributed by atoms with Crippen LogP contribution in [0.1, 0.15) is 12.8 Å². The number of rotatable bonds is 2. The lowest BCUT2D eigenvalue weighted by Gasteiger charge is -2.24. The molecule has 1 saturated heterocycles. The number of para-hydroxylation sites is 1. The fourth-order valence-electron chi connectivity index (χ4n) is 2.27. The van der Waals surface area contributed by atoms with Crippen LogP contribution in [0.3, 0.4) is 0 Å². The van der Waals surface area contributed by atoms with Crippen molar-refractivity contribution in [3.8, 4) is 5.75 Å². The molecule has 0 saturated carbocycles. The molecule has 17 heavy (non-hydrogen) atoms. The minimum atomic E-state index is 0.274. The molecule has 1 aromatic heterocycles. The first-order valence-electron chi connectivity index (χ1n) is 6.14. The molecule has 3 nitrogen and oxygen atoms in total. The van der Waals surface area contributed by atoms with E-state index in [1.807, 2.05) is 24.4 Å². The predicted molar refractivity (Wildman–Crippen MR) is 68.3 cm³/mol. The number of fused-ring (bicyclic) bond motifs is 1. The average Bonchev–Trinajstić information content (AvgIpc) is 2.40. The van der Waals surface area contributed by atoms with Crippen molar-refractivity contribution in [1.82, 2.24) is 10.3 Å². The third kappa shape index (κ3) is 2.24. The third-order valence-electron chi connectivity index (χ3n) is 3.14. The van der Waals surface area contributed by atoms with Gasteiger partial charge in [-0.3, -0.25) is 4.98 Å². The second-order valence-corrected chi connectivity index (χ2v) is 4.42. The van der Waals surface area contributed by atoms with E-state index < -0.39 is 0 Å². The summed E-state index contributed by atoms with van der Waals surface area (Å²) in [5.74, 6) is 0.900. The van der Waals surface area contributed by atoms with Crippen LogP contribution in [0.25, 0.3) is 10.9 Å². The Kier molecular flexibility index (Phi) is 2.92. The van der Waals surface area contributed by atoms with Gasteiger partial charge in [0.15, 0.2) is 0 Å². The van der Waals surface area contributed by atoms with Gasteiger partial charge in [-0.25, -0.2) is 0 Å². The first-order chi connectivity index (χ1) is 8.43. The molecule has 0 radical (unpaired) electrons. The maximum atomic E-state index is 6.04. The molecule has 3 heteroatoms. The Morgan fingerprint density at radius 1 is 1.24 bits per heavy atom. The number of piperidine rings is 1. The van der Waals surface area contributed by atoms with Crippen molar-refractivity contribution < 1.29 is 4.74 Å². The minimum absolute atomic E-state index is 0.274. The molecule has 0 spiro atoms. The maximum absolute atomic E-state index is 6.04. The van der Waals surface area contributed by atoms with E-state index in [-0.39, 0.29) is 6.10 Å². The van der Waals surface area contributed by atoms with E-state index in [1.54, 1.807) is 0 Å². The fraction of sp³-hybridized carbons (Fsp3) is 0.357. The topological polar surface area (TPSA) is 34.1 Å². The molecular weight excluding hydrogens is 212 g/mol. The monoisotopic (exact) mass is 228 g/mol. The largest absolute Gasteiger partial charge is 0.487 e. The van der Waals surface area contributed by atoms with E-state index in [4.69, 9.17) is 4.74 Å². The number of hydrogen-bond donors (Lipinski definition) is 1. The molecule has 2 aromatic rings. The number of nitrogens with one attached hydrogen (secondary N) is 1. The summed E-state index contributed by atoms with van der Waals surface area (Å²) in [6.07, 6.45) is 4.39. The van der Waals surface area contributed by atoms with E-state index in [2.05, 4.69) is 22.4 Å². The smallest absolute Gasteiger partial charge is 0.146 e. The van der Waals surface area contributed by atoms with Crippen LogP contribution in [0.4, 0.5) is 0 Å². The molecule has 1 aromatic carbocycles. The summed E-state index contributed by atoms with van der Waals surface area (Å²) in [4.78, 5) is 4.40. The summed E-state index contributed by atoms with van der Waals surface area (Å²) in [7, 11) is 0. The van der Waals surface area contributed by atoms with Crippen molar-refractivity contribution in [1.29, 1.82) is 0 Å². The van der Waals surface area contributed by atoms with E-state index in [9.17, 15) is 0 Å². The fourth-order valence-corrected chi connectivity index (χ4v) is 2.27. The Balaban J connectivity index is 1.89. The Bertz CT molecular complexity index is 501. The van der Waals surface area contributed by atoms with Gasteiger partial charge in [0.05, 0.1) is 0 Å². The molecule has 88 valence electrons. The highest BCUT2D eigenvalue weighted by atomic mass is 16.5. The Hall–Kier alpha value is -1.61. The van der Waals surface area contributed by atoms with Crippen LogP contribution >= 0.6 is 0 Å². The van der Waals surface area contributed by atoms with Gasteiger partial charge in [0, 0.05) is 18.1 Å². The summed E-state index contributed by atoms with van der Waals surface area (Å²) in [5, 5.41) is 4.49. The normalized spacial score (nSPS) is 20.4. The van der Waals surface area contributed by atoms with E-state index in [0.717, 1.165) is 36.2 Å². The molecular formula is C14H16N2O. The summed E-state index contributed by atoms with van der Waals surface area (Å²) < 4.78 is 6.04. The minimum Gasteiger partial charge on any atom is -0.487 e. The van der Waals surface area contributed by atoms with Crippen LogP contribution in [0.15, 0.2) is 36.5 Å². The van der Waals surface area contributed by atoms with Gasteiger partial charge in [-0.1, -0.05) is 18.2 Å².